The molecule has 0 radical (unpaired) electrons. The number of carbonyl (C=O) groups is 1. The second kappa shape index (κ2) is 6.38. The molecule has 1 aliphatic rings. The maximum atomic E-state index is 12.5. The van der Waals surface area contributed by atoms with E-state index in [2.05, 4.69) is 11.4 Å². The summed E-state index contributed by atoms with van der Waals surface area (Å²) in [6.45, 7) is 2.29. The first-order chi connectivity index (χ1) is 12.7. The minimum absolute atomic E-state index is 0.0964. The van der Waals surface area contributed by atoms with Crippen LogP contribution in [-0.2, 0) is 4.79 Å². The fourth-order valence-corrected chi connectivity index (χ4v) is 3.31. The van der Waals surface area contributed by atoms with Crippen molar-refractivity contribution in [2.75, 3.05) is 6.54 Å². The van der Waals surface area contributed by atoms with Crippen molar-refractivity contribution in [3.8, 4) is 17.6 Å². The van der Waals surface area contributed by atoms with Crippen molar-refractivity contribution in [1.82, 2.24) is 5.32 Å². The molecule has 0 unspecified atom stereocenters. The number of nitrogens with zero attached hydrogens (tertiary/aromatic N) is 1. The lowest BCUT2D eigenvalue weighted by atomic mass is 9.88. The Hall–Kier alpha value is -3.58. The third-order valence-electron chi connectivity index (χ3n) is 4.44. The van der Waals surface area contributed by atoms with Crippen molar-refractivity contribution in [3.63, 3.8) is 0 Å². The van der Waals surface area contributed by atoms with Gasteiger partial charge in [0.2, 0.25) is 0 Å². The van der Waals surface area contributed by atoms with Gasteiger partial charge in [-0.3, -0.25) is 4.79 Å². The molecule has 1 aliphatic heterocycles. The standard InChI is InChI=1S/C22H16N2O2/c1-2-24-22(25)18(13-23)20-16-9-5-6-10-19(16)26-21-15-8-4-3-7-14(15)11-12-17(20)21/h3-12H,2H2,1H3,(H,24,25)/b20-18+. The molecular weight excluding hydrogens is 324 g/mol. The van der Waals surface area contributed by atoms with Crippen LogP contribution < -0.4 is 10.1 Å². The summed E-state index contributed by atoms with van der Waals surface area (Å²) in [5.74, 6) is 0.943. The van der Waals surface area contributed by atoms with Crippen LogP contribution in [0.2, 0.25) is 0 Å². The first-order valence-corrected chi connectivity index (χ1v) is 8.46. The summed E-state index contributed by atoms with van der Waals surface area (Å²) in [6, 6.07) is 21.4. The van der Waals surface area contributed by atoms with Gasteiger partial charge in [0.1, 0.15) is 23.1 Å². The topological polar surface area (TPSA) is 62.1 Å². The van der Waals surface area contributed by atoms with Gasteiger partial charge in [0.25, 0.3) is 5.91 Å². The smallest absolute Gasteiger partial charge is 0.262 e. The molecule has 26 heavy (non-hydrogen) atoms. The first-order valence-electron chi connectivity index (χ1n) is 8.46. The number of ether oxygens (including phenoxy) is 1. The molecule has 1 amide bonds. The van der Waals surface area contributed by atoms with Gasteiger partial charge in [0.15, 0.2) is 0 Å². The van der Waals surface area contributed by atoms with E-state index in [-0.39, 0.29) is 11.5 Å². The molecular formula is C22H16N2O2. The lowest BCUT2D eigenvalue weighted by molar-refractivity contribution is -0.116. The van der Waals surface area contributed by atoms with Crippen LogP contribution in [-0.4, -0.2) is 12.5 Å². The van der Waals surface area contributed by atoms with Gasteiger partial charge in [0, 0.05) is 28.6 Å². The molecule has 0 aromatic heterocycles. The Morgan fingerprint density at radius 2 is 1.81 bits per heavy atom. The van der Waals surface area contributed by atoms with Crippen LogP contribution in [0.3, 0.4) is 0 Å². The van der Waals surface area contributed by atoms with E-state index in [4.69, 9.17) is 4.74 Å². The third-order valence-corrected chi connectivity index (χ3v) is 4.44. The molecule has 0 fully saturated rings. The molecule has 126 valence electrons. The Labute approximate surface area is 151 Å². The van der Waals surface area contributed by atoms with Gasteiger partial charge in [-0.25, -0.2) is 0 Å². The molecule has 3 aromatic carbocycles. The number of amides is 1. The fraction of sp³-hybridized carbons (Fsp3) is 0.0909. The summed E-state index contributed by atoms with van der Waals surface area (Å²) in [5, 5.41) is 14.5. The van der Waals surface area contributed by atoms with Gasteiger partial charge in [-0.1, -0.05) is 48.5 Å². The van der Waals surface area contributed by atoms with E-state index in [9.17, 15) is 10.1 Å². The monoisotopic (exact) mass is 340 g/mol. The fourth-order valence-electron chi connectivity index (χ4n) is 3.31. The predicted octanol–water partition coefficient (Wildman–Crippen LogP) is 4.41. The van der Waals surface area contributed by atoms with Crippen LogP contribution in [0.4, 0.5) is 0 Å². The van der Waals surface area contributed by atoms with Crippen molar-refractivity contribution in [3.05, 3.63) is 77.4 Å². The maximum absolute atomic E-state index is 12.5. The van der Waals surface area contributed by atoms with E-state index in [1.807, 2.05) is 67.6 Å². The zero-order chi connectivity index (χ0) is 18.1. The Kier molecular flexibility index (Phi) is 3.91. The molecule has 0 saturated heterocycles. The summed E-state index contributed by atoms with van der Waals surface area (Å²) in [5.41, 5.74) is 2.21. The third kappa shape index (κ3) is 2.42. The minimum atomic E-state index is -0.374. The maximum Gasteiger partial charge on any atom is 0.262 e. The summed E-state index contributed by atoms with van der Waals surface area (Å²) in [4.78, 5) is 12.5. The average molecular weight is 340 g/mol. The average Bonchev–Trinajstić information content (AvgIpc) is 2.68. The number of benzene rings is 3. The number of hydrogen-bond acceptors (Lipinski definition) is 3. The molecule has 0 aliphatic carbocycles. The predicted molar refractivity (Wildman–Crippen MR) is 101 cm³/mol. The van der Waals surface area contributed by atoms with Crippen molar-refractivity contribution >= 4 is 22.3 Å². The first kappa shape index (κ1) is 15.9. The molecule has 0 saturated carbocycles. The van der Waals surface area contributed by atoms with E-state index >= 15 is 0 Å². The van der Waals surface area contributed by atoms with Gasteiger partial charge in [-0.15, -0.1) is 0 Å². The largest absolute Gasteiger partial charge is 0.455 e. The normalized spacial score (nSPS) is 13.8. The number of hydrogen-bond donors (Lipinski definition) is 1. The zero-order valence-corrected chi connectivity index (χ0v) is 14.2. The van der Waals surface area contributed by atoms with Gasteiger partial charge < -0.3 is 10.1 Å². The number of nitriles is 1. The number of para-hydroxylation sites is 1. The Morgan fingerprint density at radius 3 is 2.62 bits per heavy atom. The second-order valence-electron chi connectivity index (χ2n) is 5.98. The number of nitrogens with one attached hydrogen (secondary N) is 1. The summed E-state index contributed by atoms with van der Waals surface area (Å²) < 4.78 is 6.18. The van der Waals surface area contributed by atoms with Crippen molar-refractivity contribution < 1.29 is 9.53 Å². The minimum Gasteiger partial charge on any atom is -0.455 e. The van der Waals surface area contributed by atoms with E-state index in [0.29, 0.717) is 23.6 Å². The summed E-state index contributed by atoms with van der Waals surface area (Å²) in [6.07, 6.45) is 0. The number of carbonyl (C=O) groups excluding carboxylic acids is 1. The van der Waals surface area contributed by atoms with Crippen LogP contribution in [0.1, 0.15) is 18.1 Å². The molecule has 0 bridgehead atoms. The highest BCUT2D eigenvalue weighted by Gasteiger charge is 2.28. The molecule has 4 heteroatoms. The SMILES string of the molecule is CCNC(=O)/C(C#N)=C1\c2ccccc2Oc2c1ccc1ccccc21. The van der Waals surface area contributed by atoms with Crippen LogP contribution in [0.15, 0.2) is 66.2 Å². The Bertz CT molecular complexity index is 1110. The molecule has 0 atom stereocenters. The molecule has 3 aromatic rings. The highest BCUT2D eigenvalue weighted by atomic mass is 16.5. The van der Waals surface area contributed by atoms with E-state index < -0.39 is 0 Å². The van der Waals surface area contributed by atoms with E-state index in [1.165, 1.54) is 0 Å². The Balaban J connectivity index is 2.08. The zero-order valence-electron chi connectivity index (χ0n) is 14.2. The molecule has 1 heterocycles. The van der Waals surface area contributed by atoms with Gasteiger partial charge in [0.05, 0.1) is 0 Å². The van der Waals surface area contributed by atoms with Gasteiger partial charge >= 0.3 is 0 Å². The highest BCUT2D eigenvalue weighted by molar-refractivity contribution is 6.11. The van der Waals surface area contributed by atoms with Crippen LogP contribution in [0.25, 0.3) is 16.3 Å². The second-order valence-corrected chi connectivity index (χ2v) is 5.98. The highest BCUT2D eigenvalue weighted by Crippen LogP contribution is 2.47. The Morgan fingerprint density at radius 1 is 1.04 bits per heavy atom. The lowest BCUT2D eigenvalue weighted by Gasteiger charge is -2.25. The van der Waals surface area contributed by atoms with Gasteiger partial charge in [-0.05, 0) is 24.4 Å². The van der Waals surface area contributed by atoms with E-state index in [0.717, 1.165) is 21.9 Å². The number of rotatable bonds is 2. The molecule has 1 N–H and O–H groups in total. The summed E-state index contributed by atoms with van der Waals surface area (Å²) >= 11 is 0. The summed E-state index contributed by atoms with van der Waals surface area (Å²) in [7, 11) is 0. The quantitative estimate of drug-likeness (QED) is 0.434. The lowest BCUT2D eigenvalue weighted by Crippen LogP contribution is -2.25. The molecule has 4 nitrogen and oxygen atoms in total. The number of fused-ring (bicyclic) bond motifs is 4. The molecule has 0 spiro atoms. The van der Waals surface area contributed by atoms with Crippen LogP contribution in [0.5, 0.6) is 11.5 Å². The van der Waals surface area contributed by atoms with Gasteiger partial charge in [-0.2, -0.15) is 5.26 Å². The van der Waals surface area contributed by atoms with Crippen molar-refractivity contribution in [1.29, 1.82) is 5.26 Å². The van der Waals surface area contributed by atoms with Crippen LogP contribution in [0, 0.1) is 11.3 Å². The van der Waals surface area contributed by atoms with Crippen molar-refractivity contribution in [2.45, 2.75) is 6.92 Å². The van der Waals surface area contributed by atoms with Crippen LogP contribution >= 0.6 is 0 Å². The number of likely N-dealkylation sites (N-methyl/N-ethyl adjacent to an activating group) is 1. The van der Waals surface area contributed by atoms with E-state index in [1.54, 1.807) is 0 Å². The molecule has 4 rings (SSSR count). The van der Waals surface area contributed by atoms with Crippen molar-refractivity contribution in [2.24, 2.45) is 0 Å².